The van der Waals surface area contributed by atoms with E-state index in [0.717, 1.165) is 51.0 Å². The van der Waals surface area contributed by atoms with Crippen LogP contribution < -0.4 is 0 Å². The largest absolute Gasteiger partial charge is 0.444 e. The summed E-state index contributed by atoms with van der Waals surface area (Å²) in [4.78, 5) is 36.4. The minimum absolute atomic E-state index is 0.0668. The lowest BCUT2D eigenvalue weighted by atomic mass is 10.0. The van der Waals surface area contributed by atoms with E-state index in [2.05, 4.69) is 22.2 Å². The molecule has 2 amide bonds. The number of hydrogen-bond donors (Lipinski definition) is 0. The fourth-order valence-electron chi connectivity index (χ4n) is 3.88. The van der Waals surface area contributed by atoms with Crippen LogP contribution in [0.4, 0.5) is 4.79 Å². The Labute approximate surface area is 178 Å². The lowest BCUT2D eigenvalue weighted by Gasteiger charge is -2.41. The van der Waals surface area contributed by atoms with E-state index in [9.17, 15) is 9.59 Å². The van der Waals surface area contributed by atoms with E-state index in [4.69, 9.17) is 4.74 Å². The number of nitrogens with zero attached hydrogens (tertiary/aromatic N) is 4. The van der Waals surface area contributed by atoms with Gasteiger partial charge < -0.3 is 9.64 Å². The second-order valence-corrected chi connectivity index (χ2v) is 9.82. The third-order valence-electron chi connectivity index (χ3n) is 5.39. The van der Waals surface area contributed by atoms with Crippen molar-refractivity contribution in [3.05, 3.63) is 16.1 Å². The van der Waals surface area contributed by atoms with Crippen molar-refractivity contribution < 1.29 is 14.3 Å². The number of piperidine rings is 1. The van der Waals surface area contributed by atoms with Crippen LogP contribution in [0.3, 0.4) is 0 Å². The molecule has 2 saturated heterocycles. The molecule has 2 aliphatic rings. The quantitative estimate of drug-likeness (QED) is 0.746. The van der Waals surface area contributed by atoms with Gasteiger partial charge in [-0.25, -0.2) is 9.78 Å². The highest BCUT2D eigenvalue weighted by atomic mass is 32.1. The van der Waals surface area contributed by atoms with Gasteiger partial charge in [0.05, 0.1) is 10.7 Å². The monoisotopic (exact) mass is 422 g/mol. The lowest BCUT2D eigenvalue weighted by molar-refractivity contribution is -0.140. The number of thiazole rings is 1. The highest BCUT2D eigenvalue weighted by Crippen LogP contribution is 2.23. The van der Waals surface area contributed by atoms with Crippen molar-refractivity contribution in [3.8, 4) is 0 Å². The molecule has 0 spiro atoms. The van der Waals surface area contributed by atoms with Crippen molar-refractivity contribution >= 4 is 23.3 Å². The molecule has 3 heterocycles. The average molecular weight is 423 g/mol. The maximum atomic E-state index is 13.2. The Kier molecular flexibility index (Phi) is 7.16. The molecule has 1 atom stereocenters. The third kappa shape index (κ3) is 5.92. The predicted octanol–water partition coefficient (Wildman–Crippen LogP) is 3.14. The van der Waals surface area contributed by atoms with Gasteiger partial charge in [-0.3, -0.25) is 14.6 Å². The van der Waals surface area contributed by atoms with E-state index in [-0.39, 0.29) is 12.0 Å². The van der Waals surface area contributed by atoms with Crippen LogP contribution in [-0.4, -0.2) is 76.1 Å². The number of aromatic nitrogens is 1. The first-order valence-corrected chi connectivity index (χ1v) is 11.6. The highest BCUT2D eigenvalue weighted by Gasteiger charge is 2.37. The summed E-state index contributed by atoms with van der Waals surface area (Å²) in [6.07, 6.45) is 3.22. The maximum absolute atomic E-state index is 13.2. The number of ether oxygens (including phenoxy) is 1. The number of piperazine rings is 1. The van der Waals surface area contributed by atoms with Gasteiger partial charge in [0.25, 0.3) is 0 Å². The zero-order valence-corrected chi connectivity index (χ0v) is 19.0. The average Bonchev–Trinajstić information content (AvgIpc) is 3.14. The predicted molar refractivity (Wildman–Crippen MR) is 114 cm³/mol. The number of aryl methyl sites for hydroxylation is 1. The van der Waals surface area contributed by atoms with E-state index >= 15 is 0 Å². The number of rotatable bonds is 4. The molecule has 0 aromatic carbocycles. The van der Waals surface area contributed by atoms with Crippen LogP contribution in [0.1, 0.15) is 57.7 Å². The second-order valence-electron chi connectivity index (χ2n) is 8.87. The van der Waals surface area contributed by atoms with Gasteiger partial charge in [0.15, 0.2) is 0 Å². The standard InChI is InChI=1S/C21H34N4O3S/c1-5-18-22-16(15-29-18)14-23-10-12-24(13-11-23)19(26)17-8-6-7-9-25(17)20(27)28-21(2,3)4/h15,17H,5-14H2,1-4H3. The van der Waals surface area contributed by atoms with Crippen LogP contribution in [0.25, 0.3) is 0 Å². The number of carbonyl (C=O) groups is 2. The number of hydrogen-bond acceptors (Lipinski definition) is 6. The van der Waals surface area contributed by atoms with E-state index in [1.165, 1.54) is 5.01 Å². The van der Waals surface area contributed by atoms with Gasteiger partial charge in [0.2, 0.25) is 5.91 Å². The molecule has 1 aromatic rings. The van der Waals surface area contributed by atoms with Crippen molar-refractivity contribution in [3.63, 3.8) is 0 Å². The summed E-state index contributed by atoms with van der Waals surface area (Å²) in [6, 6.07) is -0.393. The molecule has 3 rings (SSSR count). The molecular weight excluding hydrogens is 388 g/mol. The fraction of sp³-hybridized carbons (Fsp3) is 0.762. The van der Waals surface area contributed by atoms with Crippen LogP contribution >= 0.6 is 11.3 Å². The van der Waals surface area contributed by atoms with E-state index < -0.39 is 11.6 Å². The molecule has 0 N–H and O–H groups in total. The number of amides is 2. The van der Waals surface area contributed by atoms with Gasteiger partial charge in [-0.05, 0) is 46.5 Å². The van der Waals surface area contributed by atoms with E-state index in [1.807, 2.05) is 25.7 Å². The Morgan fingerprint density at radius 3 is 2.52 bits per heavy atom. The van der Waals surface area contributed by atoms with Gasteiger partial charge in [-0.2, -0.15) is 0 Å². The van der Waals surface area contributed by atoms with Crippen molar-refractivity contribution in [2.45, 2.75) is 71.6 Å². The fourth-order valence-corrected chi connectivity index (χ4v) is 4.61. The molecule has 2 aliphatic heterocycles. The topological polar surface area (TPSA) is 66.0 Å². The van der Waals surface area contributed by atoms with E-state index in [0.29, 0.717) is 19.6 Å². The van der Waals surface area contributed by atoms with Crippen molar-refractivity contribution in [2.75, 3.05) is 32.7 Å². The molecule has 0 aliphatic carbocycles. The number of likely N-dealkylation sites (tertiary alicyclic amines) is 1. The van der Waals surface area contributed by atoms with Gasteiger partial charge in [0.1, 0.15) is 11.6 Å². The summed E-state index contributed by atoms with van der Waals surface area (Å²) in [5.74, 6) is 0.0668. The van der Waals surface area contributed by atoms with Crippen LogP contribution in [0.2, 0.25) is 0 Å². The molecule has 0 radical (unpaired) electrons. The molecule has 0 bridgehead atoms. The van der Waals surface area contributed by atoms with E-state index in [1.54, 1.807) is 16.2 Å². The highest BCUT2D eigenvalue weighted by molar-refractivity contribution is 7.09. The van der Waals surface area contributed by atoms with Crippen molar-refractivity contribution in [2.24, 2.45) is 0 Å². The third-order valence-corrected chi connectivity index (χ3v) is 6.43. The Bertz CT molecular complexity index is 707. The van der Waals surface area contributed by atoms with Crippen LogP contribution in [0.15, 0.2) is 5.38 Å². The molecule has 8 heteroatoms. The zero-order chi connectivity index (χ0) is 21.0. The Morgan fingerprint density at radius 1 is 1.17 bits per heavy atom. The van der Waals surface area contributed by atoms with Gasteiger partial charge in [-0.15, -0.1) is 11.3 Å². The summed E-state index contributed by atoms with van der Waals surface area (Å²) in [5.41, 5.74) is 0.566. The molecule has 162 valence electrons. The Morgan fingerprint density at radius 2 is 1.90 bits per heavy atom. The smallest absolute Gasteiger partial charge is 0.410 e. The summed E-state index contributed by atoms with van der Waals surface area (Å²) in [5, 5.41) is 3.31. The van der Waals surface area contributed by atoms with Crippen LogP contribution in [0.5, 0.6) is 0 Å². The lowest BCUT2D eigenvalue weighted by Crippen LogP contribution is -2.57. The summed E-state index contributed by atoms with van der Waals surface area (Å²) >= 11 is 1.72. The zero-order valence-electron chi connectivity index (χ0n) is 18.1. The van der Waals surface area contributed by atoms with Crippen LogP contribution in [-0.2, 0) is 22.5 Å². The first kappa shape index (κ1) is 22.0. The molecule has 29 heavy (non-hydrogen) atoms. The summed E-state index contributed by atoms with van der Waals surface area (Å²) in [6.45, 7) is 12.2. The molecule has 1 aromatic heterocycles. The molecular formula is C21H34N4O3S. The second kappa shape index (κ2) is 9.43. The molecule has 1 unspecified atom stereocenters. The molecule has 2 fully saturated rings. The van der Waals surface area contributed by atoms with Crippen molar-refractivity contribution in [1.82, 2.24) is 19.7 Å². The summed E-state index contributed by atoms with van der Waals surface area (Å²) < 4.78 is 5.54. The normalized spacial score (nSPS) is 21.3. The SMILES string of the molecule is CCc1nc(CN2CCN(C(=O)C3CCCCN3C(=O)OC(C)(C)C)CC2)cs1. The van der Waals surface area contributed by atoms with Gasteiger partial charge in [0, 0.05) is 44.6 Å². The van der Waals surface area contributed by atoms with Gasteiger partial charge >= 0.3 is 6.09 Å². The van der Waals surface area contributed by atoms with Crippen LogP contribution in [0, 0.1) is 0 Å². The number of carbonyl (C=O) groups excluding carboxylic acids is 2. The maximum Gasteiger partial charge on any atom is 0.410 e. The minimum Gasteiger partial charge on any atom is -0.444 e. The molecule has 7 nitrogen and oxygen atoms in total. The van der Waals surface area contributed by atoms with Crippen molar-refractivity contribution in [1.29, 1.82) is 0 Å². The van der Waals surface area contributed by atoms with Gasteiger partial charge in [-0.1, -0.05) is 6.92 Å². The summed E-state index contributed by atoms with van der Waals surface area (Å²) in [7, 11) is 0. The Hall–Kier alpha value is -1.67. The minimum atomic E-state index is -0.554. The Balaban J connectivity index is 1.54. The first-order valence-electron chi connectivity index (χ1n) is 10.7. The molecule has 0 saturated carbocycles. The first-order chi connectivity index (χ1) is 13.8.